The van der Waals surface area contributed by atoms with Crippen molar-refractivity contribution >= 4 is 5.91 Å². The van der Waals surface area contributed by atoms with Crippen LogP contribution in [0.3, 0.4) is 0 Å². The first-order chi connectivity index (χ1) is 6.75. The fourth-order valence-corrected chi connectivity index (χ4v) is 2.08. The van der Waals surface area contributed by atoms with Gasteiger partial charge in [-0.3, -0.25) is 9.69 Å². The third-order valence-corrected chi connectivity index (χ3v) is 3.44. The molecule has 0 bridgehead atoms. The normalized spacial score (nSPS) is 24.8. The van der Waals surface area contributed by atoms with E-state index in [0.717, 1.165) is 32.1 Å². The number of rotatable bonds is 2. The van der Waals surface area contributed by atoms with Crippen molar-refractivity contribution in [2.45, 2.75) is 26.2 Å². The predicted molar refractivity (Wildman–Crippen MR) is 56.0 cm³/mol. The number of carbonyl (C=O) groups is 1. The molecule has 3 heteroatoms. The Bertz CT molecular complexity index is 205. The highest BCUT2D eigenvalue weighted by molar-refractivity contribution is 5.78. The number of likely N-dealkylation sites (tertiary alicyclic amines) is 2. The van der Waals surface area contributed by atoms with Crippen LogP contribution in [0.1, 0.15) is 26.2 Å². The fraction of sp³-hybridized carbons (Fsp3) is 0.909. The van der Waals surface area contributed by atoms with Gasteiger partial charge in [-0.1, -0.05) is 6.92 Å². The van der Waals surface area contributed by atoms with E-state index in [-0.39, 0.29) is 0 Å². The molecule has 2 fully saturated rings. The molecule has 2 aliphatic heterocycles. The van der Waals surface area contributed by atoms with Crippen LogP contribution in [-0.4, -0.2) is 48.4 Å². The SMILES string of the molecule is CC1CCN(CC(=O)N2CCC2)CC1. The average molecular weight is 196 g/mol. The number of nitrogens with zero attached hydrogens (tertiary/aromatic N) is 2. The van der Waals surface area contributed by atoms with E-state index in [9.17, 15) is 4.79 Å². The lowest BCUT2D eigenvalue weighted by Crippen LogP contribution is -2.48. The van der Waals surface area contributed by atoms with Gasteiger partial charge in [0.05, 0.1) is 6.54 Å². The monoisotopic (exact) mass is 196 g/mol. The minimum Gasteiger partial charge on any atom is -0.341 e. The topological polar surface area (TPSA) is 23.6 Å². The number of carbonyl (C=O) groups excluding carboxylic acids is 1. The zero-order valence-electron chi connectivity index (χ0n) is 9.04. The summed E-state index contributed by atoms with van der Waals surface area (Å²) in [6.45, 7) is 7.16. The summed E-state index contributed by atoms with van der Waals surface area (Å²) in [5.41, 5.74) is 0. The lowest BCUT2D eigenvalue weighted by Gasteiger charge is -2.35. The predicted octanol–water partition coefficient (Wildman–Crippen LogP) is 0.951. The Balaban J connectivity index is 1.71. The van der Waals surface area contributed by atoms with Crippen molar-refractivity contribution in [3.05, 3.63) is 0 Å². The number of piperidine rings is 1. The smallest absolute Gasteiger partial charge is 0.236 e. The molecule has 0 N–H and O–H groups in total. The molecule has 0 aromatic heterocycles. The highest BCUT2D eigenvalue weighted by Crippen LogP contribution is 2.16. The second-order valence-corrected chi connectivity index (χ2v) is 4.69. The Hall–Kier alpha value is -0.570. The first kappa shape index (κ1) is 9.97. The Morgan fingerprint density at radius 1 is 1.21 bits per heavy atom. The number of hydrogen-bond acceptors (Lipinski definition) is 2. The second-order valence-electron chi connectivity index (χ2n) is 4.69. The first-order valence-electron chi connectivity index (χ1n) is 5.76. The van der Waals surface area contributed by atoms with Gasteiger partial charge in [-0.15, -0.1) is 0 Å². The lowest BCUT2D eigenvalue weighted by molar-refractivity contribution is -0.136. The van der Waals surface area contributed by atoms with Crippen molar-refractivity contribution in [1.82, 2.24) is 9.80 Å². The van der Waals surface area contributed by atoms with Crippen LogP contribution in [0.4, 0.5) is 0 Å². The number of amides is 1. The second kappa shape index (κ2) is 4.30. The molecule has 0 radical (unpaired) electrons. The van der Waals surface area contributed by atoms with Gasteiger partial charge in [0.2, 0.25) is 5.91 Å². The van der Waals surface area contributed by atoms with Gasteiger partial charge in [-0.25, -0.2) is 0 Å². The average Bonchev–Trinajstić information content (AvgIpc) is 2.06. The van der Waals surface area contributed by atoms with Gasteiger partial charge in [0.25, 0.3) is 0 Å². The molecule has 2 saturated heterocycles. The van der Waals surface area contributed by atoms with Crippen LogP contribution in [0.2, 0.25) is 0 Å². The van der Waals surface area contributed by atoms with E-state index in [1.54, 1.807) is 0 Å². The standard InChI is InChI=1S/C11H20N2O/c1-10-3-7-12(8-4-10)9-11(14)13-5-2-6-13/h10H,2-9H2,1H3. The molecule has 2 aliphatic rings. The van der Waals surface area contributed by atoms with E-state index in [4.69, 9.17) is 0 Å². The molecule has 0 aliphatic carbocycles. The molecule has 80 valence electrons. The molecule has 0 atom stereocenters. The Morgan fingerprint density at radius 3 is 2.36 bits per heavy atom. The van der Waals surface area contributed by atoms with Gasteiger partial charge in [-0.2, -0.15) is 0 Å². The molecule has 0 aromatic carbocycles. The quantitative estimate of drug-likeness (QED) is 0.656. The summed E-state index contributed by atoms with van der Waals surface area (Å²) in [6.07, 6.45) is 3.71. The minimum atomic E-state index is 0.339. The van der Waals surface area contributed by atoms with E-state index in [1.807, 2.05) is 4.90 Å². The van der Waals surface area contributed by atoms with E-state index >= 15 is 0 Å². The molecular weight excluding hydrogens is 176 g/mol. The summed E-state index contributed by atoms with van der Waals surface area (Å²) in [5, 5.41) is 0. The minimum absolute atomic E-state index is 0.339. The van der Waals surface area contributed by atoms with Crippen LogP contribution >= 0.6 is 0 Å². The highest BCUT2D eigenvalue weighted by Gasteiger charge is 2.23. The molecule has 2 rings (SSSR count). The molecule has 3 nitrogen and oxygen atoms in total. The molecule has 0 saturated carbocycles. The van der Waals surface area contributed by atoms with Crippen LogP contribution in [0.5, 0.6) is 0 Å². The van der Waals surface area contributed by atoms with Crippen molar-refractivity contribution in [2.24, 2.45) is 5.92 Å². The highest BCUT2D eigenvalue weighted by atomic mass is 16.2. The lowest BCUT2D eigenvalue weighted by atomic mass is 9.99. The Labute approximate surface area is 86.1 Å². The number of hydrogen-bond donors (Lipinski definition) is 0. The van der Waals surface area contributed by atoms with Gasteiger partial charge < -0.3 is 4.90 Å². The molecule has 0 spiro atoms. The summed E-state index contributed by atoms with van der Waals surface area (Å²) in [6, 6.07) is 0. The van der Waals surface area contributed by atoms with Gasteiger partial charge >= 0.3 is 0 Å². The van der Waals surface area contributed by atoms with Crippen LogP contribution in [0.15, 0.2) is 0 Å². The van der Waals surface area contributed by atoms with E-state index in [2.05, 4.69) is 11.8 Å². The van der Waals surface area contributed by atoms with Crippen molar-refractivity contribution in [1.29, 1.82) is 0 Å². The maximum Gasteiger partial charge on any atom is 0.236 e. The third kappa shape index (κ3) is 2.27. The van der Waals surface area contributed by atoms with Gasteiger partial charge in [-0.05, 0) is 38.3 Å². The van der Waals surface area contributed by atoms with Gasteiger partial charge in [0.1, 0.15) is 0 Å². The maximum absolute atomic E-state index is 11.7. The Kier molecular flexibility index (Phi) is 3.06. The molecule has 2 heterocycles. The van der Waals surface area contributed by atoms with Crippen molar-refractivity contribution in [2.75, 3.05) is 32.7 Å². The van der Waals surface area contributed by atoms with Crippen LogP contribution in [0.25, 0.3) is 0 Å². The molecular formula is C11H20N2O. The summed E-state index contributed by atoms with van der Waals surface area (Å²) in [7, 11) is 0. The van der Waals surface area contributed by atoms with Crippen LogP contribution in [-0.2, 0) is 4.79 Å². The Morgan fingerprint density at radius 2 is 1.86 bits per heavy atom. The molecule has 14 heavy (non-hydrogen) atoms. The van der Waals surface area contributed by atoms with E-state index < -0.39 is 0 Å². The summed E-state index contributed by atoms with van der Waals surface area (Å²) < 4.78 is 0. The largest absolute Gasteiger partial charge is 0.341 e. The summed E-state index contributed by atoms with van der Waals surface area (Å²) >= 11 is 0. The van der Waals surface area contributed by atoms with Crippen molar-refractivity contribution < 1.29 is 4.79 Å². The summed E-state index contributed by atoms with van der Waals surface area (Å²) in [4.78, 5) is 15.9. The van der Waals surface area contributed by atoms with Crippen molar-refractivity contribution in [3.8, 4) is 0 Å². The van der Waals surface area contributed by atoms with E-state index in [1.165, 1.54) is 19.3 Å². The van der Waals surface area contributed by atoms with Crippen LogP contribution < -0.4 is 0 Å². The molecule has 1 amide bonds. The maximum atomic E-state index is 11.7. The molecule has 0 aromatic rings. The zero-order valence-corrected chi connectivity index (χ0v) is 9.04. The first-order valence-corrected chi connectivity index (χ1v) is 5.76. The third-order valence-electron chi connectivity index (χ3n) is 3.44. The summed E-state index contributed by atoms with van der Waals surface area (Å²) in [5.74, 6) is 1.19. The van der Waals surface area contributed by atoms with Crippen LogP contribution in [0, 0.1) is 5.92 Å². The fourth-order valence-electron chi connectivity index (χ4n) is 2.08. The van der Waals surface area contributed by atoms with E-state index in [0.29, 0.717) is 12.5 Å². The zero-order chi connectivity index (χ0) is 9.97. The van der Waals surface area contributed by atoms with Gasteiger partial charge in [0.15, 0.2) is 0 Å². The van der Waals surface area contributed by atoms with Crippen molar-refractivity contribution in [3.63, 3.8) is 0 Å². The molecule has 0 unspecified atom stereocenters. The van der Waals surface area contributed by atoms with Gasteiger partial charge in [0, 0.05) is 13.1 Å².